The predicted octanol–water partition coefficient (Wildman–Crippen LogP) is 4.27. The van der Waals surface area contributed by atoms with Crippen molar-refractivity contribution in [2.75, 3.05) is 0 Å². The van der Waals surface area contributed by atoms with Crippen LogP contribution in [0.5, 0.6) is 0 Å². The number of carbonyl (C=O) groups excluding carboxylic acids is 1. The first-order valence-corrected chi connectivity index (χ1v) is 10.7. The number of aryl methyl sites for hydroxylation is 1. The highest BCUT2D eigenvalue weighted by molar-refractivity contribution is 7.00. The van der Waals surface area contributed by atoms with Crippen LogP contribution in [-0.4, -0.2) is 19.8 Å². The van der Waals surface area contributed by atoms with E-state index in [1.54, 1.807) is 42.5 Å². The van der Waals surface area contributed by atoms with Gasteiger partial charge in [0.2, 0.25) is 0 Å². The van der Waals surface area contributed by atoms with Gasteiger partial charge in [-0.05, 0) is 42.3 Å². The summed E-state index contributed by atoms with van der Waals surface area (Å²) < 4.78 is 14.1. The van der Waals surface area contributed by atoms with E-state index in [-0.39, 0.29) is 6.42 Å². The van der Waals surface area contributed by atoms with Crippen LogP contribution < -0.4 is 0 Å². The van der Waals surface area contributed by atoms with Gasteiger partial charge in [-0.3, -0.25) is 0 Å². The van der Waals surface area contributed by atoms with Crippen LogP contribution in [0.25, 0.3) is 16.6 Å². The van der Waals surface area contributed by atoms with E-state index in [1.165, 1.54) is 0 Å². The minimum absolute atomic E-state index is 0.268. The lowest BCUT2D eigenvalue weighted by Crippen LogP contribution is -2.29. The number of nitriles is 1. The van der Waals surface area contributed by atoms with Gasteiger partial charge in [0.25, 0.3) is 5.79 Å². The third-order valence-electron chi connectivity index (χ3n) is 5.60. The van der Waals surface area contributed by atoms with Gasteiger partial charge in [0.15, 0.2) is 0 Å². The summed E-state index contributed by atoms with van der Waals surface area (Å²) in [5.41, 5.74) is 5.68. The maximum absolute atomic E-state index is 13.1. The van der Waals surface area contributed by atoms with Gasteiger partial charge in [-0.1, -0.05) is 48.0 Å². The van der Waals surface area contributed by atoms with Crippen LogP contribution in [0.4, 0.5) is 0 Å². The van der Waals surface area contributed by atoms with Gasteiger partial charge in [-0.2, -0.15) is 14.0 Å². The molecule has 0 saturated heterocycles. The van der Waals surface area contributed by atoms with E-state index in [0.29, 0.717) is 33.4 Å². The third kappa shape index (κ3) is 3.36. The molecule has 156 valence electrons. The number of benzene rings is 3. The number of hydrogen-bond donors (Lipinski definition) is 1. The predicted molar refractivity (Wildman–Crippen MR) is 120 cm³/mol. The summed E-state index contributed by atoms with van der Waals surface area (Å²) in [6.07, 6.45) is 0.268. The fourth-order valence-corrected chi connectivity index (χ4v) is 4.41. The van der Waals surface area contributed by atoms with Crippen LogP contribution in [0, 0.1) is 18.3 Å². The highest BCUT2D eigenvalue weighted by Crippen LogP contribution is 2.45. The molecule has 0 bridgehead atoms. The van der Waals surface area contributed by atoms with Crippen molar-refractivity contribution in [2.45, 2.75) is 19.1 Å². The normalized spacial score (nSPS) is 18.1. The number of rotatable bonds is 4. The molecule has 1 unspecified atom stereocenters. The Bertz CT molecular complexity index is 1420. The largest absolute Gasteiger partial charge is 0.421 e. The Balaban J connectivity index is 1.69. The molecular weight excluding hydrogens is 422 g/mol. The first kappa shape index (κ1) is 20.1. The second-order valence-corrected chi connectivity index (χ2v) is 8.23. The Morgan fingerprint density at radius 2 is 1.75 bits per heavy atom. The number of carbonyl (C=O) groups is 1. The number of esters is 1. The number of cyclic esters (lactones) is 1. The van der Waals surface area contributed by atoms with E-state index < -0.39 is 11.8 Å². The van der Waals surface area contributed by atoms with Crippen molar-refractivity contribution in [3.63, 3.8) is 0 Å². The minimum Gasteiger partial charge on any atom is -0.421 e. The van der Waals surface area contributed by atoms with Crippen molar-refractivity contribution in [1.29, 1.82) is 5.26 Å². The molecule has 0 saturated carbocycles. The Labute approximate surface area is 188 Å². The summed E-state index contributed by atoms with van der Waals surface area (Å²) in [5.74, 6) is -2.50. The Morgan fingerprint density at radius 3 is 2.47 bits per heavy atom. The SMILES string of the molecule is Cc1ccc(C2(O)OC(=O)C(c3ccc4nsnc4c3)=C2Cc2ccc(C#N)cc2)cc1. The van der Waals surface area contributed by atoms with Crippen LogP contribution in [0.15, 0.2) is 72.3 Å². The van der Waals surface area contributed by atoms with E-state index in [2.05, 4.69) is 14.8 Å². The molecule has 1 N–H and O–H groups in total. The molecule has 5 rings (SSSR count). The maximum Gasteiger partial charge on any atom is 0.342 e. The van der Waals surface area contributed by atoms with Gasteiger partial charge < -0.3 is 9.84 Å². The molecule has 32 heavy (non-hydrogen) atoms. The molecule has 0 radical (unpaired) electrons. The molecule has 6 nitrogen and oxygen atoms in total. The number of hydrogen-bond acceptors (Lipinski definition) is 7. The highest BCUT2D eigenvalue weighted by Gasteiger charge is 2.48. The molecule has 2 heterocycles. The van der Waals surface area contributed by atoms with Gasteiger partial charge in [0.1, 0.15) is 11.0 Å². The second kappa shape index (κ2) is 7.68. The summed E-state index contributed by atoms with van der Waals surface area (Å²) in [5, 5.41) is 20.8. The van der Waals surface area contributed by atoms with E-state index in [1.807, 2.05) is 31.2 Å². The lowest BCUT2D eigenvalue weighted by atomic mass is 9.87. The lowest BCUT2D eigenvalue weighted by Gasteiger charge is -2.26. The molecule has 0 amide bonds. The summed E-state index contributed by atoms with van der Waals surface area (Å²) >= 11 is 1.10. The van der Waals surface area contributed by atoms with Crippen molar-refractivity contribution < 1.29 is 14.6 Å². The number of fused-ring (bicyclic) bond motifs is 1. The molecule has 1 aliphatic heterocycles. The number of aliphatic hydroxyl groups is 1. The standard InChI is InChI=1S/C25H17N3O3S/c1-15-2-9-19(10-3-15)25(30)20(12-16-4-6-17(14-26)7-5-16)23(24(29)31-25)18-8-11-21-22(13-18)28-32-27-21/h2-11,13,30H,12H2,1H3. The summed E-state index contributed by atoms with van der Waals surface area (Å²) in [4.78, 5) is 13.1. The zero-order chi connectivity index (χ0) is 22.3. The molecule has 1 aliphatic rings. The van der Waals surface area contributed by atoms with Gasteiger partial charge in [0.05, 0.1) is 28.9 Å². The highest BCUT2D eigenvalue weighted by atomic mass is 32.1. The van der Waals surface area contributed by atoms with Crippen LogP contribution >= 0.6 is 11.7 Å². The zero-order valence-corrected chi connectivity index (χ0v) is 17.9. The molecule has 1 aromatic heterocycles. The van der Waals surface area contributed by atoms with Gasteiger partial charge in [-0.25, -0.2) is 4.79 Å². The molecule has 7 heteroatoms. The van der Waals surface area contributed by atoms with Crippen LogP contribution in [0.3, 0.4) is 0 Å². The average Bonchev–Trinajstić information content (AvgIpc) is 3.36. The zero-order valence-electron chi connectivity index (χ0n) is 17.1. The third-order valence-corrected chi connectivity index (χ3v) is 6.16. The Hall–Kier alpha value is -3.86. The van der Waals surface area contributed by atoms with Crippen molar-refractivity contribution in [3.05, 3.63) is 100 Å². The van der Waals surface area contributed by atoms with E-state index in [4.69, 9.17) is 10.00 Å². The smallest absolute Gasteiger partial charge is 0.342 e. The average molecular weight is 439 g/mol. The molecule has 0 fully saturated rings. The fraction of sp³-hybridized carbons (Fsp3) is 0.120. The fourth-order valence-electron chi connectivity index (χ4n) is 3.89. The van der Waals surface area contributed by atoms with Gasteiger partial charge in [-0.15, -0.1) is 0 Å². The van der Waals surface area contributed by atoms with Crippen molar-refractivity contribution in [2.24, 2.45) is 0 Å². The van der Waals surface area contributed by atoms with Crippen LogP contribution in [0.1, 0.15) is 27.8 Å². The Morgan fingerprint density at radius 1 is 1.03 bits per heavy atom. The van der Waals surface area contributed by atoms with E-state index in [0.717, 1.165) is 28.4 Å². The van der Waals surface area contributed by atoms with Gasteiger partial charge >= 0.3 is 5.97 Å². The Kier molecular flexibility index (Phi) is 4.82. The first-order valence-electron chi connectivity index (χ1n) is 9.96. The monoisotopic (exact) mass is 439 g/mol. The minimum atomic E-state index is -1.90. The second-order valence-electron chi connectivity index (χ2n) is 7.71. The lowest BCUT2D eigenvalue weighted by molar-refractivity contribution is -0.185. The van der Waals surface area contributed by atoms with E-state index >= 15 is 0 Å². The maximum atomic E-state index is 13.1. The molecule has 0 aliphatic carbocycles. The molecule has 3 aromatic carbocycles. The number of aromatic nitrogens is 2. The summed E-state index contributed by atoms with van der Waals surface area (Å²) in [6, 6.07) is 21.8. The summed E-state index contributed by atoms with van der Waals surface area (Å²) in [7, 11) is 0. The van der Waals surface area contributed by atoms with Crippen molar-refractivity contribution >= 4 is 34.3 Å². The van der Waals surface area contributed by atoms with E-state index in [9.17, 15) is 9.90 Å². The number of nitrogens with zero attached hydrogens (tertiary/aromatic N) is 3. The quantitative estimate of drug-likeness (QED) is 0.477. The molecule has 4 aromatic rings. The molecule has 1 atom stereocenters. The molecule has 0 spiro atoms. The first-order chi connectivity index (χ1) is 15.5. The summed E-state index contributed by atoms with van der Waals surface area (Å²) in [6.45, 7) is 1.95. The topological polar surface area (TPSA) is 96.1 Å². The van der Waals surface area contributed by atoms with Crippen LogP contribution in [-0.2, 0) is 21.7 Å². The van der Waals surface area contributed by atoms with Crippen molar-refractivity contribution in [3.8, 4) is 6.07 Å². The number of ether oxygens (including phenoxy) is 1. The van der Waals surface area contributed by atoms with Gasteiger partial charge in [0, 0.05) is 17.6 Å². The van der Waals surface area contributed by atoms with Crippen molar-refractivity contribution in [1.82, 2.24) is 8.75 Å². The van der Waals surface area contributed by atoms with Crippen LogP contribution in [0.2, 0.25) is 0 Å². The molecular formula is C25H17N3O3S.